The maximum atomic E-state index is 14.1. The van der Waals surface area contributed by atoms with Crippen molar-refractivity contribution in [3.8, 4) is 5.75 Å². The number of nitrogens with zero attached hydrogens (tertiary/aromatic N) is 2. The Morgan fingerprint density at radius 2 is 1.57 bits per heavy atom. The van der Waals surface area contributed by atoms with Gasteiger partial charge in [0.15, 0.2) is 0 Å². The van der Waals surface area contributed by atoms with Crippen LogP contribution < -0.4 is 9.75 Å². The Kier molecular flexibility index (Phi) is 6.42. The van der Waals surface area contributed by atoms with Gasteiger partial charge in [0.2, 0.25) is 0 Å². The normalized spacial score (nSPS) is 14.3. The van der Waals surface area contributed by atoms with Crippen LogP contribution in [0.15, 0.2) is 114 Å². The minimum absolute atomic E-state index is 0.0359. The maximum Gasteiger partial charge on any atom is 0.281 e. The molecule has 1 heterocycles. The molecule has 0 N–H and O–H groups in total. The summed E-state index contributed by atoms with van der Waals surface area (Å²) in [5.74, 6) is -0.136. The van der Waals surface area contributed by atoms with E-state index in [0.29, 0.717) is 38.9 Å². The van der Waals surface area contributed by atoms with Gasteiger partial charge >= 0.3 is 0 Å². The van der Waals surface area contributed by atoms with Gasteiger partial charge in [0.25, 0.3) is 5.91 Å². The molecule has 1 amide bonds. The summed E-state index contributed by atoms with van der Waals surface area (Å²) in [5, 5.41) is 6.53. The summed E-state index contributed by atoms with van der Waals surface area (Å²) in [7, 11) is 0. The molecule has 35 heavy (non-hydrogen) atoms. The molecule has 4 aromatic rings. The molecule has 6 heteroatoms. The third-order valence-corrected chi connectivity index (χ3v) is 5.77. The Balaban J connectivity index is 1.55. The van der Waals surface area contributed by atoms with E-state index in [1.807, 2.05) is 60.7 Å². The minimum Gasteiger partial charge on any atom is -0.488 e. The van der Waals surface area contributed by atoms with Crippen molar-refractivity contribution >= 4 is 35.0 Å². The van der Waals surface area contributed by atoms with Gasteiger partial charge in [-0.3, -0.25) is 4.79 Å². The van der Waals surface area contributed by atoms with Gasteiger partial charge in [-0.05, 0) is 42.5 Å². The highest BCUT2D eigenvalue weighted by molar-refractivity contribution is 6.37. The van der Waals surface area contributed by atoms with Crippen molar-refractivity contribution < 1.29 is 13.9 Å². The van der Waals surface area contributed by atoms with Gasteiger partial charge in [0.1, 0.15) is 23.9 Å². The van der Waals surface area contributed by atoms with Gasteiger partial charge < -0.3 is 4.74 Å². The molecule has 4 aromatic carbocycles. The average Bonchev–Trinajstić information content (AvgIpc) is 3.21. The molecule has 0 bridgehead atoms. The van der Waals surface area contributed by atoms with E-state index in [1.165, 1.54) is 11.1 Å². The number of para-hydroxylation sites is 1. The van der Waals surface area contributed by atoms with E-state index >= 15 is 0 Å². The van der Waals surface area contributed by atoms with E-state index in [1.54, 1.807) is 42.5 Å². The number of benzene rings is 4. The van der Waals surface area contributed by atoms with Crippen molar-refractivity contribution in [2.45, 2.75) is 6.61 Å². The number of amides is 1. The van der Waals surface area contributed by atoms with Crippen molar-refractivity contribution in [1.29, 1.82) is 0 Å². The smallest absolute Gasteiger partial charge is 0.281 e. The molecule has 0 unspecified atom stereocenters. The summed E-state index contributed by atoms with van der Waals surface area (Å²) in [4.78, 5) is 13.5. The van der Waals surface area contributed by atoms with Gasteiger partial charge in [0.05, 0.1) is 11.3 Å². The molecule has 0 aromatic heterocycles. The number of ether oxygens (including phenoxy) is 1. The number of hydrogen-bond donors (Lipinski definition) is 0. The van der Waals surface area contributed by atoms with Gasteiger partial charge in [-0.15, -0.1) is 0 Å². The molecule has 0 aliphatic carbocycles. The minimum atomic E-state index is -0.343. The SMILES string of the molecule is O=C1/C(=C\c2cc(Cl)ccc2OCc2ccccc2F)C(c2ccccc2)=NN1c1ccccc1. The summed E-state index contributed by atoms with van der Waals surface area (Å²) in [6, 6.07) is 30.3. The van der Waals surface area contributed by atoms with Crippen LogP contribution >= 0.6 is 11.6 Å². The first kappa shape index (κ1) is 22.6. The molecule has 1 aliphatic rings. The monoisotopic (exact) mass is 482 g/mol. The maximum absolute atomic E-state index is 14.1. The van der Waals surface area contributed by atoms with Crippen molar-refractivity contribution in [3.63, 3.8) is 0 Å². The van der Waals surface area contributed by atoms with Crippen LogP contribution in [0.4, 0.5) is 10.1 Å². The number of carbonyl (C=O) groups excluding carboxylic acids is 1. The van der Waals surface area contributed by atoms with Crippen LogP contribution in [0.2, 0.25) is 5.02 Å². The van der Waals surface area contributed by atoms with Gasteiger partial charge in [-0.25, -0.2) is 4.39 Å². The first-order valence-electron chi connectivity index (χ1n) is 11.0. The Morgan fingerprint density at radius 3 is 2.31 bits per heavy atom. The Labute approximate surface area is 207 Å². The molecule has 0 atom stereocenters. The van der Waals surface area contributed by atoms with Crippen molar-refractivity contribution in [2.24, 2.45) is 5.10 Å². The molecule has 0 saturated carbocycles. The lowest BCUT2D eigenvalue weighted by molar-refractivity contribution is -0.114. The topological polar surface area (TPSA) is 41.9 Å². The number of hydrogen-bond acceptors (Lipinski definition) is 3. The Hall–Kier alpha value is -4.22. The van der Waals surface area contributed by atoms with Crippen LogP contribution in [-0.4, -0.2) is 11.6 Å². The summed E-state index contributed by atoms with van der Waals surface area (Å²) >= 11 is 6.29. The predicted octanol–water partition coefficient (Wildman–Crippen LogP) is 6.89. The van der Waals surface area contributed by atoms with E-state index in [0.717, 1.165) is 5.56 Å². The molecule has 1 aliphatic heterocycles. The number of rotatable bonds is 6. The summed E-state index contributed by atoms with van der Waals surface area (Å²) in [5.41, 5.74) is 3.44. The van der Waals surface area contributed by atoms with E-state index in [2.05, 4.69) is 5.10 Å². The van der Waals surface area contributed by atoms with Crippen LogP contribution in [0, 0.1) is 5.82 Å². The molecule has 5 rings (SSSR count). The van der Waals surface area contributed by atoms with Crippen LogP contribution in [-0.2, 0) is 11.4 Å². The summed E-state index contributed by atoms with van der Waals surface area (Å²) < 4.78 is 20.0. The zero-order chi connectivity index (χ0) is 24.2. The molecule has 172 valence electrons. The highest BCUT2D eigenvalue weighted by atomic mass is 35.5. The molecule has 0 spiro atoms. The third kappa shape index (κ3) is 4.86. The van der Waals surface area contributed by atoms with Crippen molar-refractivity contribution in [2.75, 3.05) is 5.01 Å². The lowest BCUT2D eigenvalue weighted by atomic mass is 10.00. The quantitative estimate of drug-likeness (QED) is 0.281. The van der Waals surface area contributed by atoms with Crippen LogP contribution in [0.5, 0.6) is 5.75 Å². The zero-order valence-corrected chi connectivity index (χ0v) is 19.3. The Bertz CT molecular complexity index is 1440. The van der Waals surface area contributed by atoms with E-state index < -0.39 is 0 Å². The number of anilines is 1. The standard InChI is InChI=1S/C29H20ClFN2O2/c30-23-15-16-27(35-19-21-11-7-8-14-26(21)31)22(17-23)18-25-28(20-9-3-1-4-10-20)32-33(29(25)34)24-12-5-2-6-13-24/h1-18H,19H2/b25-18-. The second-order valence-corrected chi connectivity index (χ2v) is 8.32. The lowest BCUT2D eigenvalue weighted by Crippen LogP contribution is -2.21. The second-order valence-electron chi connectivity index (χ2n) is 7.89. The summed E-state index contributed by atoms with van der Waals surface area (Å²) in [6.45, 7) is 0.0359. The first-order valence-corrected chi connectivity index (χ1v) is 11.4. The largest absolute Gasteiger partial charge is 0.488 e. The van der Waals surface area contributed by atoms with E-state index in [4.69, 9.17) is 16.3 Å². The Morgan fingerprint density at radius 1 is 0.886 bits per heavy atom. The third-order valence-electron chi connectivity index (χ3n) is 5.54. The molecular formula is C29H20ClFN2O2. The number of halogens is 2. The second kappa shape index (κ2) is 9.95. The lowest BCUT2D eigenvalue weighted by Gasteiger charge is -2.12. The first-order chi connectivity index (χ1) is 17.1. The predicted molar refractivity (Wildman–Crippen MR) is 137 cm³/mol. The number of carbonyl (C=O) groups is 1. The highest BCUT2D eigenvalue weighted by Gasteiger charge is 2.32. The molecule has 0 radical (unpaired) electrons. The average molecular weight is 483 g/mol. The highest BCUT2D eigenvalue weighted by Crippen LogP contribution is 2.31. The molecule has 0 saturated heterocycles. The van der Waals surface area contributed by atoms with Crippen LogP contribution in [0.25, 0.3) is 6.08 Å². The fraction of sp³-hybridized carbons (Fsp3) is 0.0345. The van der Waals surface area contributed by atoms with Crippen molar-refractivity contribution in [1.82, 2.24) is 0 Å². The molecule has 4 nitrogen and oxygen atoms in total. The summed E-state index contributed by atoms with van der Waals surface area (Å²) in [6.07, 6.45) is 1.72. The van der Waals surface area contributed by atoms with Gasteiger partial charge in [0, 0.05) is 21.7 Å². The molecule has 0 fully saturated rings. The van der Waals surface area contributed by atoms with Crippen LogP contribution in [0.1, 0.15) is 16.7 Å². The number of hydrazone groups is 1. The fourth-order valence-electron chi connectivity index (χ4n) is 3.79. The fourth-order valence-corrected chi connectivity index (χ4v) is 3.97. The zero-order valence-electron chi connectivity index (χ0n) is 18.6. The van der Waals surface area contributed by atoms with Crippen LogP contribution in [0.3, 0.4) is 0 Å². The molecular weight excluding hydrogens is 463 g/mol. The van der Waals surface area contributed by atoms with E-state index in [9.17, 15) is 9.18 Å². The van der Waals surface area contributed by atoms with Gasteiger partial charge in [-0.1, -0.05) is 78.3 Å². The van der Waals surface area contributed by atoms with Crippen molar-refractivity contribution in [3.05, 3.63) is 136 Å². The van der Waals surface area contributed by atoms with E-state index in [-0.39, 0.29) is 18.3 Å². The van der Waals surface area contributed by atoms with Gasteiger partial charge in [-0.2, -0.15) is 10.1 Å².